The minimum absolute atomic E-state index is 0.540. The Morgan fingerprint density at radius 1 is 1.09 bits per heavy atom. The second-order valence-electron chi connectivity index (χ2n) is 4.88. The van der Waals surface area contributed by atoms with Crippen LogP contribution < -0.4 is 5.84 Å². The van der Waals surface area contributed by atoms with Crippen molar-refractivity contribution in [2.24, 2.45) is 0 Å². The smallest absolute Gasteiger partial charge is 0.210 e. The molecule has 0 unspecified atom stereocenters. The lowest BCUT2D eigenvalue weighted by atomic mass is 10.3. The van der Waals surface area contributed by atoms with Crippen LogP contribution in [0, 0.1) is 0 Å². The highest BCUT2D eigenvalue weighted by Gasteiger charge is 2.13. The van der Waals surface area contributed by atoms with Crippen LogP contribution in [-0.4, -0.2) is 29.8 Å². The Kier molecular flexibility index (Phi) is 3.43. The molecule has 3 heterocycles. The topological polar surface area (TPSA) is 98.3 Å². The average Bonchev–Trinajstić information content (AvgIpc) is 3.17. The number of hydrogen-bond donors (Lipinski definition) is 2. The number of aromatic nitrogens is 6. The van der Waals surface area contributed by atoms with Crippen LogP contribution in [0.1, 0.15) is 5.82 Å². The highest BCUT2D eigenvalue weighted by atomic mass is 32.2. The lowest BCUT2D eigenvalue weighted by molar-refractivity contribution is 0.847. The third-order valence-corrected chi connectivity index (χ3v) is 4.29. The predicted molar refractivity (Wildman–Crippen MR) is 89.1 cm³/mol. The summed E-state index contributed by atoms with van der Waals surface area (Å²) in [4.78, 5) is 12.1. The molecule has 4 aromatic rings. The summed E-state index contributed by atoms with van der Waals surface area (Å²) in [6, 6.07) is 13.5. The molecule has 0 bridgehead atoms. The average molecular weight is 323 g/mol. The van der Waals surface area contributed by atoms with E-state index in [1.807, 2.05) is 42.5 Å². The van der Waals surface area contributed by atoms with E-state index >= 15 is 0 Å². The second-order valence-corrected chi connectivity index (χ2v) is 5.82. The van der Waals surface area contributed by atoms with E-state index in [1.165, 1.54) is 16.4 Å². The molecular weight excluding hydrogens is 310 g/mol. The zero-order valence-electron chi connectivity index (χ0n) is 12.0. The van der Waals surface area contributed by atoms with Crippen molar-refractivity contribution in [1.29, 1.82) is 0 Å². The largest absolute Gasteiger partial charge is 0.341 e. The van der Waals surface area contributed by atoms with Gasteiger partial charge in [-0.05, 0) is 24.3 Å². The van der Waals surface area contributed by atoms with Crippen LogP contribution in [0.25, 0.3) is 22.6 Å². The van der Waals surface area contributed by atoms with Crippen LogP contribution in [0.5, 0.6) is 0 Å². The lowest BCUT2D eigenvalue weighted by Crippen LogP contribution is -2.12. The molecule has 0 fully saturated rings. The normalized spacial score (nSPS) is 11.1. The number of H-pyrrole nitrogens is 1. The fourth-order valence-electron chi connectivity index (χ4n) is 2.25. The number of fused-ring (bicyclic) bond motifs is 1. The quantitative estimate of drug-likeness (QED) is 0.441. The fraction of sp³-hybridized carbons (Fsp3) is 0.0667. The van der Waals surface area contributed by atoms with Crippen LogP contribution in [0.2, 0.25) is 0 Å². The monoisotopic (exact) mass is 323 g/mol. The molecular formula is C15H13N7S. The first kappa shape index (κ1) is 13.8. The SMILES string of the molecule is Nn1c(SCc2nc3ccccc3[nH]2)nnc1-c1ccccn1. The highest BCUT2D eigenvalue weighted by Crippen LogP contribution is 2.23. The molecule has 0 atom stereocenters. The Bertz CT molecular complexity index is 912. The van der Waals surface area contributed by atoms with E-state index in [0.717, 1.165) is 16.9 Å². The van der Waals surface area contributed by atoms with Crippen molar-refractivity contribution < 1.29 is 0 Å². The van der Waals surface area contributed by atoms with Gasteiger partial charge in [-0.1, -0.05) is 30.0 Å². The number of aromatic amines is 1. The predicted octanol–water partition coefficient (Wildman–Crippen LogP) is 2.22. The number of rotatable bonds is 4. The molecule has 7 nitrogen and oxygen atoms in total. The first-order valence-electron chi connectivity index (χ1n) is 6.99. The molecule has 3 N–H and O–H groups in total. The molecule has 3 aromatic heterocycles. The first-order chi connectivity index (χ1) is 11.3. The third-order valence-electron chi connectivity index (χ3n) is 3.33. The van der Waals surface area contributed by atoms with Gasteiger partial charge in [-0.25, -0.2) is 9.66 Å². The summed E-state index contributed by atoms with van der Waals surface area (Å²) < 4.78 is 1.45. The Morgan fingerprint density at radius 2 is 1.96 bits per heavy atom. The summed E-state index contributed by atoms with van der Waals surface area (Å²) in [7, 11) is 0. The van der Waals surface area contributed by atoms with E-state index in [0.29, 0.717) is 22.4 Å². The molecule has 0 spiro atoms. The molecule has 1 aromatic carbocycles. The van der Waals surface area contributed by atoms with Crippen LogP contribution in [0.3, 0.4) is 0 Å². The number of nitrogens with one attached hydrogen (secondary N) is 1. The van der Waals surface area contributed by atoms with Gasteiger partial charge in [0.25, 0.3) is 0 Å². The number of thioether (sulfide) groups is 1. The molecule has 0 amide bonds. The van der Waals surface area contributed by atoms with Gasteiger partial charge in [0.1, 0.15) is 11.5 Å². The number of nitrogen functional groups attached to an aromatic ring is 1. The standard InChI is InChI=1S/C15H13N7S/c16-22-14(12-7-3-4-8-17-12)20-21-15(22)23-9-13-18-10-5-1-2-6-11(10)19-13/h1-8H,9,16H2,(H,18,19). The van der Waals surface area contributed by atoms with Crippen molar-refractivity contribution in [3.05, 3.63) is 54.5 Å². The van der Waals surface area contributed by atoms with E-state index in [2.05, 4.69) is 25.1 Å². The van der Waals surface area contributed by atoms with Crippen LogP contribution in [0.15, 0.2) is 53.8 Å². The molecule has 8 heteroatoms. The van der Waals surface area contributed by atoms with Crippen molar-refractivity contribution in [2.75, 3.05) is 5.84 Å². The van der Waals surface area contributed by atoms with Gasteiger partial charge in [-0.2, -0.15) is 0 Å². The molecule has 23 heavy (non-hydrogen) atoms. The molecule has 0 aliphatic heterocycles. The van der Waals surface area contributed by atoms with E-state index in [9.17, 15) is 0 Å². The summed E-state index contributed by atoms with van der Waals surface area (Å²) in [5.74, 6) is 8.12. The van der Waals surface area contributed by atoms with Gasteiger partial charge in [0, 0.05) is 6.20 Å². The van der Waals surface area contributed by atoms with Crippen LogP contribution in [-0.2, 0) is 5.75 Å². The Balaban J connectivity index is 1.54. The molecule has 4 rings (SSSR count). The summed E-state index contributed by atoms with van der Waals surface area (Å²) in [6.45, 7) is 0. The maximum Gasteiger partial charge on any atom is 0.210 e. The van der Waals surface area contributed by atoms with Crippen molar-refractivity contribution >= 4 is 22.8 Å². The fourth-order valence-corrected chi connectivity index (χ4v) is 2.98. The zero-order chi connectivity index (χ0) is 15.6. The van der Waals surface area contributed by atoms with E-state index in [-0.39, 0.29) is 0 Å². The van der Waals surface area contributed by atoms with E-state index in [1.54, 1.807) is 6.20 Å². The first-order valence-corrected chi connectivity index (χ1v) is 7.98. The van der Waals surface area contributed by atoms with Crippen molar-refractivity contribution in [3.8, 4) is 11.5 Å². The summed E-state index contributed by atoms with van der Waals surface area (Å²) in [5.41, 5.74) is 2.66. The van der Waals surface area contributed by atoms with Crippen LogP contribution in [0.4, 0.5) is 0 Å². The molecule has 0 saturated carbocycles. The summed E-state index contributed by atoms with van der Waals surface area (Å²) in [6.07, 6.45) is 1.70. The Hall–Kier alpha value is -2.87. The van der Waals surface area contributed by atoms with Gasteiger partial charge >= 0.3 is 0 Å². The molecule has 0 aliphatic carbocycles. The van der Waals surface area contributed by atoms with Gasteiger partial charge in [-0.15, -0.1) is 10.2 Å². The van der Waals surface area contributed by atoms with Crippen LogP contribution >= 0.6 is 11.8 Å². The van der Waals surface area contributed by atoms with Crippen molar-refractivity contribution in [3.63, 3.8) is 0 Å². The lowest BCUT2D eigenvalue weighted by Gasteiger charge is -2.02. The minimum Gasteiger partial charge on any atom is -0.341 e. The van der Waals surface area contributed by atoms with Gasteiger partial charge in [-0.3, -0.25) is 4.98 Å². The number of benzene rings is 1. The Labute approximate surface area is 136 Å². The molecule has 0 saturated heterocycles. The molecule has 0 radical (unpaired) electrons. The van der Waals surface area contributed by atoms with Gasteiger partial charge in [0.15, 0.2) is 0 Å². The number of nitrogens with two attached hydrogens (primary N) is 1. The van der Waals surface area contributed by atoms with Gasteiger partial charge in [0.2, 0.25) is 11.0 Å². The molecule has 0 aliphatic rings. The van der Waals surface area contributed by atoms with Gasteiger partial charge < -0.3 is 10.8 Å². The number of pyridine rings is 1. The maximum absolute atomic E-state index is 6.07. The number of nitrogens with zero attached hydrogens (tertiary/aromatic N) is 5. The van der Waals surface area contributed by atoms with E-state index in [4.69, 9.17) is 5.84 Å². The van der Waals surface area contributed by atoms with Crippen molar-refractivity contribution in [1.82, 2.24) is 29.8 Å². The maximum atomic E-state index is 6.07. The number of imidazole rings is 1. The third kappa shape index (κ3) is 2.64. The molecule has 114 valence electrons. The number of hydrogen-bond acceptors (Lipinski definition) is 6. The zero-order valence-corrected chi connectivity index (χ0v) is 12.9. The second kappa shape index (κ2) is 5.73. The summed E-state index contributed by atoms with van der Waals surface area (Å²) >= 11 is 1.47. The highest BCUT2D eigenvalue weighted by molar-refractivity contribution is 7.98. The summed E-state index contributed by atoms with van der Waals surface area (Å²) in [5, 5.41) is 8.86. The van der Waals surface area contributed by atoms with Crippen molar-refractivity contribution in [2.45, 2.75) is 10.9 Å². The van der Waals surface area contributed by atoms with E-state index < -0.39 is 0 Å². The van der Waals surface area contributed by atoms with Gasteiger partial charge in [0.05, 0.1) is 16.8 Å². The number of para-hydroxylation sites is 2. The minimum atomic E-state index is 0.540. The Morgan fingerprint density at radius 3 is 2.78 bits per heavy atom.